The molecular formula is C17H22N4OS. The lowest BCUT2D eigenvalue weighted by Crippen LogP contribution is -2.42. The first-order chi connectivity index (χ1) is 11.1. The van der Waals surface area contributed by atoms with E-state index in [-0.39, 0.29) is 11.9 Å². The summed E-state index contributed by atoms with van der Waals surface area (Å²) in [5, 5.41) is 2.83. The van der Waals surface area contributed by atoms with E-state index in [4.69, 9.17) is 0 Å². The number of nitrogens with zero attached hydrogens (tertiary/aromatic N) is 4. The van der Waals surface area contributed by atoms with Gasteiger partial charge in [0.25, 0.3) is 0 Å². The van der Waals surface area contributed by atoms with Gasteiger partial charge >= 0.3 is 0 Å². The van der Waals surface area contributed by atoms with Crippen LogP contribution in [0, 0.1) is 0 Å². The fourth-order valence-corrected chi connectivity index (χ4v) is 4.01. The van der Waals surface area contributed by atoms with Gasteiger partial charge in [0.15, 0.2) is 0 Å². The predicted molar refractivity (Wildman–Crippen MR) is 92.3 cm³/mol. The van der Waals surface area contributed by atoms with E-state index < -0.39 is 0 Å². The largest absolute Gasteiger partial charge is 0.338 e. The maximum atomic E-state index is 12.6. The number of carbonyl (C=O) groups excluding carboxylic acids is 1. The molecule has 3 heterocycles. The molecule has 1 saturated heterocycles. The maximum Gasteiger partial charge on any atom is 0.228 e. The lowest BCUT2D eigenvalue weighted by molar-refractivity contribution is -0.131. The number of likely N-dealkylation sites (N-methyl/N-ethyl adjacent to an activating group) is 1. The molecule has 0 saturated carbocycles. The Morgan fingerprint density at radius 1 is 1.43 bits per heavy atom. The van der Waals surface area contributed by atoms with Crippen molar-refractivity contribution in [1.82, 2.24) is 19.8 Å². The number of thiazole rings is 1. The fraction of sp³-hybridized carbons (Fsp3) is 0.471. The van der Waals surface area contributed by atoms with E-state index in [2.05, 4.69) is 35.9 Å². The molecule has 0 bridgehead atoms. The number of carbonyl (C=O) groups is 1. The molecule has 6 heteroatoms. The zero-order valence-corrected chi connectivity index (χ0v) is 14.6. The van der Waals surface area contributed by atoms with E-state index in [9.17, 15) is 4.79 Å². The van der Waals surface area contributed by atoms with Crippen LogP contribution in [0.15, 0.2) is 29.8 Å². The van der Waals surface area contributed by atoms with Gasteiger partial charge in [-0.2, -0.15) is 0 Å². The minimum atomic E-state index is 0.166. The molecule has 0 radical (unpaired) electrons. The van der Waals surface area contributed by atoms with E-state index in [0.717, 1.165) is 29.4 Å². The summed E-state index contributed by atoms with van der Waals surface area (Å²) in [7, 11) is 4.16. The van der Waals surface area contributed by atoms with Crippen LogP contribution in [-0.2, 0) is 11.2 Å². The second-order valence-electron chi connectivity index (χ2n) is 6.18. The van der Waals surface area contributed by atoms with Gasteiger partial charge in [-0.3, -0.25) is 9.78 Å². The van der Waals surface area contributed by atoms with Gasteiger partial charge in [-0.05, 0) is 39.6 Å². The topological polar surface area (TPSA) is 49.3 Å². The summed E-state index contributed by atoms with van der Waals surface area (Å²) in [5.41, 5.74) is 1.69. The monoisotopic (exact) mass is 330 g/mol. The second-order valence-corrected chi connectivity index (χ2v) is 7.04. The molecule has 3 rings (SSSR count). The molecule has 1 fully saturated rings. The first-order valence-corrected chi connectivity index (χ1v) is 8.76. The predicted octanol–water partition coefficient (Wildman–Crippen LogP) is 2.30. The lowest BCUT2D eigenvalue weighted by atomic mass is 10.1. The summed E-state index contributed by atoms with van der Waals surface area (Å²) < 4.78 is 0. The van der Waals surface area contributed by atoms with E-state index in [0.29, 0.717) is 12.5 Å². The SMILES string of the molecule is CC1C(N(C)C)CCN1C(=O)Cc1csc(-c2ccccn2)n1. The Morgan fingerprint density at radius 2 is 2.26 bits per heavy atom. The average Bonchev–Trinajstić information content (AvgIpc) is 3.15. The van der Waals surface area contributed by atoms with Crippen LogP contribution in [0.25, 0.3) is 10.7 Å². The van der Waals surface area contributed by atoms with Crippen LogP contribution >= 0.6 is 11.3 Å². The highest BCUT2D eigenvalue weighted by Gasteiger charge is 2.34. The van der Waals surface area contributed by atoms with E-state index >= 15 is 0 Å². The number of amides is 1. The fourth-order valence-electron chi connectivity index (χ4n) is 3.22. The van der Waals surface area contributed by atoms with Crippen LogP contribution in [-0.4, -0.2) is 58.4 Å². The molecule has 5 nitrogen and oxygen atoms in total. The number of aromatic nitrogens is 2. The van der Waals surface area contributed by atoms with E-state index in [1.54, 1.807) is 17.5 Å². The molecule has 0 aromatic carbocycles. The third-order valence-corrected chi connectivity index (χ3v) is 5.38. The van der Waals surface area contributed by atoms with Crippen molar-refractivity contribution in [2.24, 2.45) is 0 Å². The zero-order valence-electron chi connectivity index (χ0n) is 13.8. The Balaban J connectivity index is 1.66. The molecule has 2 atom stereocenters. The van der Waals surface area contributed by atoms with Crippen molar-refractivity contribution in [3.05, 3.63) is 35.5 Å². The van der Waals surface area contributed by atoms with Gasteiger partial charge in [0.05, 0.1) is 17.8 Å². The third kappa shape index (κ3) is 3.43. The molecule has 1 amide bonds. The molecule has 0 N–H and O–H groups in total. The Bertz CT molecular complexity index is 670. The number of rotatable bonds is 4. The van der Waals surface area contributed by atoms with Crippen molar-refractivity contribution in [3.8, 4) is 10.7 Å². The highest BCUT2D eigenvalue weighted by atomic mass is 32.1. The van der Waals surface area contributed by atoms with Gasteiger partial charge in [0, 0.05) is 30.2 Å². The number of hydrogen-bond acceptors (Lipinski definition) is 5. The Morgan fingerprint density at radius 3 is 2.91 bits per heavy atom. The molecule has 2 aromatic heterocycles. The number of likely N-dealkylation sites (tertiary alicyclic amines) is 1. The van der Waals surface area contributed by atoms with Crippen LogP contribution in [0.3, 0.4) is 0 Å². The van der Waals surface area contributed by atoms with Crippen molar-refractivity contribution >= 4 is 17.2 Å². The zero-order chi connectivity index (χ0) is 16.4. The smallest absolute Gasteiger partial charge is 0.228 e. The molecule has 2 unspecified atom stereocenters. The van der Waals surface area contributed by atoms with Gasteiger partial charge in [0.1, 0.15) is 5.01 Å². The second kappa shape index (κ2) is 6.76. The number of hydrogen-bond donors (Lipinski definition) is 0. The van der Waals surface area contributed by atoms with Gasteiger partial charge in [-0.15, -0.1) is 11.3 Å². The highest BCUT2D eigenvalue weighted by Crippen LogP contribution is 2.24. The standard InChI is InChI=1S/C17H22N4OS/c1-12-15(20(2)3)7-9-21(12)16(22)10-13-11-23-17(19-13)14-6-4-5-8-18-14/h4-6,8,11-12,15H,7,9-10H2,1-3H3. The summed E-state index contributed by atoms with van der Waals surface area (Å²) in [6.07, 6.45) is 3.17. The summed E-state index contributed by atoms with van der Waals surface area (Å²) in [5.74, 6) is 0.166. The summed E-state index contributed by atoms with van der Waals surface area (Å²) >= 11 is 1.54. The van der Waals surface area contributed by atoms with Crippen molar-refractivity contribution in [2.45, 2.75) is 31.8 Å². The van der Waals surface area contributed by atoms with Crippen LogP contribution < -0.4 is 0 Å². The van der Waals surface area contributed by atoms with Crippen LogP contribution in [0.1, 0.15) is 19.0 Å². The summed E-state index contributed by atoms with van der Waals surface area (Å²) in [6.45, 7) is 2.97. The molecule has 0 aliphatic carbocycles. The molecule has 122 valence electrons. The van der Waals surface area contributed by atoms with Crippen LogP contribution in [0.2, 0.25) is 0 Å². The normalized spacial score (nSPS) is 21.1. The molecular weight excluding hydrogens is 308 g/mol. The van der Waals surface area contributed by atoms with E-state index in [1.165, 1.54) is 0 Å². The number of pyridine rings is 1. The molecule has 1 aliphatic heterocycles. The maximum absolute atomic E-state index is 12.6. The molecule has 23 heavy (non-hydrogen) atoms. The highest BCUT2D eigenvalue weighted by molar-refractivity contribution is 7.13. The molecule has 2 aromatic rings. The van der Waals surface area contributed by atoms with Gasteiger partial charge in [0.2, 0.25) is 5.91 Å². The quantitative estimate of drug-likeness (QED) is 0.863. The lowest BCUT2D eigenvalue weighted by Gasteiger charge is -2.28. The van der Waals surface area contributed by atoms with Crippen LogP contribution in [0.4, 0.5) is 0 Å². The average molecular weight is 330 g/mol. The van der Waals surface area contributed by atoms with Crippen LogP contribution in [0.5, 0.6) is 0 Å². The third-order valence-electron chi connectivity index (χ3n) is 4.47. The van der Waals surface area contributed by atoms with Gasteiger partial charge in [-0.25, -0.2) is 4.98 Å². The summed E-state index contributed by atoms with van der Waals surface area (Å²) in [6, 6.07) is 6.47. The molecule has 1 aliphatic rings. The summed E-state index contributed by atoms with van der Waals surface area (Å²) in [4.78, 5) is 25.7. The Kier molecular flexibility index (Phi) is 4.73. The van der Waals surface area contributed by atoms with Crippen molar-refractivity contribution < 1.29 is 4.79 Å². The first-order valence-electron chi connectivity index (χ1n) is 7.88. The van der Waals surface area contributed by atoms with Gasteiger partial charge in [-0.1, -0.05) is 6.07 Å². The van der Waals surface area contributed by atoms with Crippen molar-refractivity contribution in [2.75, 3.05) is 20.6 Å². The molecule has 0 spiro atoms. The Labute approximate surface area is 141 Å². The van der Waals surface area contributed by atoms with Crippen molar-refractivity contribution in [3.63, 3.8) is 0 Å². The van der Waals surface area contributed by atoms with Crippen molar-refractivity contribution in [1.29, 1.82) is 0 Å². The van der Waals surface area contributed by atoms with Gasteiger partial charge < -0.3 is 9.80 Å². The minimum absolute atomic E-state index is 0.166. The minimum Gasteiger partial charge on any atom is -0.338 e. The van der Waals surface area contributed by atoms with E-state index in [1.807, 2.05) is 28.5 Å². The Hall–Kier alpha value is -1.79. The first kappa shape index (κ1) is 16.1.